The minimum atomic E-state index is -0.367. The first kappa shape index (κ1) is 20.1. The second kappa shape index (κ2) is 8.05. The fourth-order valence-corrected chi connectivity index (χ4v) is 4.05. The third kappa shape index (κ3) is 3.38. The Kier molecular flexibility index (Phi) is 5.07. The van der Waals surface area contributed by atoms with Crippen molar-refractivity contribution in [1.82, 2.24) is 29.5 Å². The summed E-state index contributed by atoms with van der Waals surface area (Å²) in [5.41, 5.74) is 9.81. The zero-order valence-electron chi connectivity index (χ0n) is 17.2. The van der Waals surface area contributed by atoms with Crippen LogP contribution in [0, 0.1) is 5.82 Å². The highest BCUT2D eigenvalue weighted by molar-refractivity contribution is 6.30. The van der Waals surface area contributed by atoms with Crippen LogP contribution in [0.5, 0.6) is 0 Å². The van der Waals surface area contributed by atoms with E-state index in [-0.39, 0.29) is 11.9 Å². The molecule has 1 unspecified atom stereocenters. The van der Waals surface area contributed by atoms with Crippen LogP contribution in [0.2, 0.25) is 5.02 Å². The molecule has 0 spiro atoms. The number of anilines is 1. The summed E-state index contributed by atoms with van der Waals surface area (Å²) in [6, 6.07) is 13.8. The van der Waals surface area contributed by atoms with Gasteiger partial charge in [0.05, 0.1) is 17.6 Å². The van der Waals surface area contributed by atoms with Crippen molar-refractivity contribution in [3.63, 3.8) is 0 Å². The topological polar surface area (TPSA) is 87.4 Å². The Morgan fingerprint density at radius 3 is 2.59 bits per heavy atom. The van der Waals surface area contributed by atoms with Crippen molar-refractivity contribution in [1.29, 1.82) is 0 Å². The second-order valence-corrected chi connectivity index (χ2v) is 7.81. The predicted molar refractivity (Wildman–Crippen MR) is 122 cm³/mol. The van der Waals surface area contributed by atoms with Crippen molar-refractivity contribution >= 4 is 28.5 Å². The highest BCUT2D eigenvalue weighted by atomic mass is 35.5. The minimum absolute atomic E-state index is 0.187. The van der Waals surface area contributed by atoms with Crippen molar-refractivity contribution in [2.24, 2.45) is 0 Å². The van der Waals surface area contributed by atoms with Gasteiger partial charge >= 0.3 is 0 Å². The third-order valence-corrected chi connectivity index (χ3v) is 5.72. The van der Waals surface area contributed by atoms with Gasteiger partial charge in [-0.05, 0) is 36.2 Å². The average Bonchev–Trinajstić information content (AvgIpc) is 3.42. The molecule has 0 saturated heterocycles. The highest BCUT2D eigenvalue weighted by Gasteiger charge is 2.23. The molecule has 0 bridgehead atoms. The second-order valence-electron chi connectivity index (χ2n) is 7.38. The summed E-state index contributed by atoms with van der Waals surface area (Å²) in [7, 11) is 0. The summed E-state index contributed by atoms with van der Waals surface area (Å²) < 4.78 is 17.7. The molecule has 5 rings (SSSR count). The Morgan fingerprint density at radius 2 is 1.84 bits per heavy atom. The molecule has 9 heteroatoms. The van der Waals surface area contributed by atoms with E-state index in [1.165, 1.54) is 17.1 Å². The molecule has 3 aromatic heterocycles. The molecule has 0 radical (unpaired) electrons. The summed E-state index contributed by atoms with van der Waals surface area (Å²) in [6.45, 7) is 2.05. The molecule has 0 amide bonds. The number of halogens is 2. The molecule has 5 aromatic rings. The predicted octanol–water partition coefficient (Wildman–Crippen LogP) is 5.05. The van der Waals surface area contributed by atoms with Crippen LogP contribution >= 0.6 is 11.6 Å². The van der Waals surface area contributed by atoms with Gasteiger partial charge in [-0.25, -0.2) is 19.0 Å². The van der Waals surface area contributed by atoms with Gasteiger partial charge in [-0.1, -0.05) is 48.0 Å². The Balaban J connectivity index is 1.65. The summed E-state index contributed by atoms with van der Waals surface area (Å²) in [5.74, 6) is 0.0255. The van der Waals surface area contributed by atoms with Crippen LogP contribution in [-0.2, 0) is 0 Å². The lowest BCUT2D eigenvalue weighted by Gasteiger charge is -2.15. The van der Waals surface area contributed by atoms with Gasteiger partial charge in [0.2, 0.25) is 0 Å². The lowest BCUT2D eigenvalue weighted by atomic mass is 10.1. The molecule has 7 nitrogen and oxygen atoms in total. The van der Waals surface area contributed by atoms with Crippen molar-refractivity contribution in [2.45, 2.75) is 19.4 Å². The van der Waals surface area contributed by atoms with E-state index in [2.05, 4.69) is 20.3 Å². The van der Waals surface area contributed by atoms with Gasteiger partial charge < -0.3 is 10.3 Å². The Bertz CT molecular complexity index is 1410. The number of hydrogen-bond donors (Lipinski definition) is 1. The van der Waals surface area contributed by atoms with E-state index in [4.69, 9.17) is 17.3 Å². The van der Waals surface area contributed by atoms with Gasteiger partial charge in [0.25, 0.3) is 0 Å². The SMILES string of the molecule is CCC(c1cn(-c2ccccc2F)nn1)n1cc(-c2ccc(Cl)cc2)c2c(N)ncnc21. The number of fused-ring (bicyclic) bond motifs is 1. The van der Waals surface area contributed by atoms with Crippen molar-refractivity contribution in [2.75, 3.05) is 5.73 Å². The van der Waals surface area contributed by atoms with E-state index >= 15 is 0 Å². The summed E-state index contributed by atoms with van der Waals surface area (Å²) in [4.78, 5) is 8.70. The minimum Gasteiger partial charge on any atom is -0.383 e. The number of aromatic nitrogens is 6. The molecule has 0 aliphatic heterocycles. The maximum absolute atomic E-state index is 14.2. The lowest BCUT2D eigenvalue weighted by Crippen LogP contribution is -2.10. The molecule has 2 aromatic carbocycles. The fourth-order valence-electron chi connectivity index (χ4n) is 3.93. The number of para-hydroxylation sites is 1. The number of nitrogens with zero attached hydrogens (tertiary/aromatic N) is 6. The molecule has 1 atom stereocenters. The van der Waals surface area contributed by atoms with E-state index in [1.807, 2.05) is 42.0 Å². The van der Waals surface area contributed by atoms with Crippen LogP contribution in [0.4, 0.5) is 10.2 Å². The number of benzene rings is 2. The van der Waals surface area contributed by atoms with Crippen LogP contribution in [0.1, 0.15) is 25.1 Å². The zero-order valence-corrected chi connectivity index (χ0v) is 17.9. The quantitative estimate of drug-likeness (QED) is 0.407. The Hall–Kier alpha value is -3.78. The van der Waals surface area contributed by atoms with E-state index in [9.17, 15) is 4.39 Å². The number of rotatable bonds is 5. The van der Waals surface area contributed by atoms with E-state index in [0.29, 0.717) is 34.3 Å². The van der Waals surface area contributed by atoms with Crippen LogP contribution in [0.3, 0.4) is 0 Å². The van der Waals surface area contributed by atoms with E-state index < -0.39 is 0 Å². The molecular formula is C23H19ClFN7. The molecule has 3 heterocycles. The van der Waals surface area contributed by atoms with E-state index in [1.54, 1.807) is 24.4 Å². The summed E-state index contributed by atoms with van der Waals surface area (Å²) >= 11 is 6.07. The normalized spacial score (nSPS) is 12.3. The first-order valence-electron chi connectivity index (χ1n) is 10.1. The lowest BCUT2D eigenvalue weighted by molar-refractivity contribution is 0.564. The van der Waals surface area contributed by atoms with Gasteiger partial charge in [0.1, 0.15) is 35.0 Å². The van der Waals surface area contributed by atoms with Crippen LogP contribution < -0.4 is 5.73 Å². The molecule has 0 fully saturated rings. The summed E-state index contributed by atoms with van der Waals surface area (Å²) in [5, 5.41) is 9.90. The van der Waals surface area contributed by atoms with Crippen molar-refractivity contribution < 1.29 is 4.39 Å². The van der Waals surface area contributed by atoms with Gasteiger partial charge in [0, 0.05) is 16.8 Å². The van der Waals surface area contributed by atoms with Gasteiger partial charge in [0.15, 0.2) is 0 Å². The first-order valence-corrected chi connectivity index (χ1v) is 10.5. The van der Waals surface area contributed by atoms with Crippen LogP contribution in [-0.4, -0.2) is 29.5 Å². The van der Waals surface area contributed by atoms with Crippen LogP contribution in [0.15, 0.2) is 67.3 Å². The number of nitrogens with two attached hydrogens (primary N) is 1. The smallest absolute Gasteiger partial charge is 0.148 e. The maximum Gasteiger partial charge on any atom is 0.148 e. The van der Waals surface area contributed by atoms with Gasteiger partial charge in [-0.2, -0.15) is 0 Å². The molecule has 0 saturated carbocycles. The van der Waals surface area contributed by atoms with Gasteiger partial charge in [-0.15, -0.1) is 5.10 Å². The number of nitrogen functional groups attached to an aromatic ring is 1. The molecule has 0 aliphatic rings. The molecular weight excluding hydrogens is 429 g/mol. The third-order valence-electron chi connectivity index (χ3n) is 5.47. The fraction of sp³-hybridized carbons (Fsp3) is 0.130. The summed E-state index contributed by atoms with van der Waals surface area (Å²) in [6.07, 6.45) is 5.90. The monoisotopic (exact) mass is 447 g/mol. The standard InChI is InChI=1S/C23H19ClFN7/c1-2-19(18-12-32(30-29-18)20-6-4-3-5-17(20)25)31-11-16(14-7-9-15(24)10-8-14)21-22(26)27-13-28-23(21)31/h3-13,19H,2H2,1H3,(H2,26,27,28). The largest absolute Gasteiger partial charge is 0.383 e. The molecule has 2 N–H and O–H groups in total. The maximum atomic E-state index is 14.2. The Labute approximate surface area is 188 Å². The average molecular weight is 448 g/mol. The van der Waals surface area contributed by atoms with Crippen molar-refractivity contribution in [3.05, 3.63) is 83.8 Å². The first-order chi connectivity index (χ1) is 15.6. The molecule has 160 valence electrons. The molecule has 0 aliphatic carbocycles. The number of hydrogen-bond acceptors (Lipinski definition) is 5. The van der Waals surface area contributed by atoms with Gasteiger partial charge in [-0.3, -0.25) is 0 Å². The van der Waals surface area contributed by atoms with Crippen molar-refractivity contribution in [3.8, 4) is 16.8 Å². The highest BCUT2D eigenvalue weighted by Crippen LogP contribution is 2.36. The molecule has 32 heavy (non-hydrogen) atoms. The zero-order chi connectivity index (χ0) is 22.2. The van der Waals surface area contributed by atoms with E-state index in [0.717, 1.165) is 16.5 Å². The van der Waals surface area contributed by atoms with Crippen LogP contribution in [0.25, 0.3) is 27.8 Å². The Morgan fingerprint density at radius 1 is 1.06 bits per heavy atom.